The zero-order valence-corrected chi connectivity index (χ0v) is 5.95. The molecule has 11 heavy (non-hydrogen) atoms. The molecular weight excluding hydrogens is 142 g/mol. The number of hydrogen-bond acceptors (Lipinski definition) is 4. The molecule has 1 aromatic rings. The largest absolute Gasteiger partial charge is 0.339 e. The molecule has 1 aliphatic carbocycles. The van der Waals surface area contributed by atoms with E-state index in [1.165, 1.54) is 0 Å². The average molecular weight is 149 g/mol. The second-order valence-corrected chi connectivity index (χ2v) is 2.66. The Kier molecular flexibility index (Phi) is 1.35. The molecule has 2 rings (SSSR count). The first kappa shape index (κ1) is 6.35. The van der Waals surface area contributed by atoms with Gasteiger partial charge in [-0.05, 0) is 12.8 Å². The van der Waals surface area contributed by atoms with Crippen molar-refractivity contribution in [2.75, 3.05) is 0 Å². The van der Waals surface area contributed by atoms with Gasteiger partial charge in [0.05, 0.1) is 12.5 Å². The quantitative estimate of drug-likeness (QED) is 0.629. The lowest BCUT2D eigenvalue weighted by molar-refractivity contribution is 0.375. The third-order valence-corrected chi connectivity index (χ3v) is 1.65. The van der Waals surface area contributed by atoms with Crippen LogP contribution in [0.3, 0.4) is 0 Å². The lowest BCUT2D eigenvalue weighted by Gasteiger charge is -1.79. The van der Waals surface area contributed by atoms with Crippen molar-refractivity contribution < 1.29 is 4.52 Å². The summed E-state index contributed by atoms with van der Waals surface area (Å²) in [6.45, 7) is 0. The Balaban J connectivity index is 2.13. The van der Waals surface area contributed by atoms with Crippen LogP contribution in [0.5, 0.6) is 0 Å². The fourth-order valence-electron chi connectivity index (χ4n) is 0.906. The number of aromatic nitrogens is 2. The van der Waals surface area contributed by atoms with Crippen LogP contribution in [0.15, 0.2) is 4.52 Å². The van der Waals surface area contributed by atoms with Gasteiger partial charge in [-0.3, -0.25) is 0 Å². The molecule has 0 N–H and O–H groups in total. The SMILES string of the molecule is N#CCc1noc(C2CC2)n1. The number of nitriles is 1. The van der Waals surface area contributed by atoms with Crippen LogP contribution in [0.4, 0.5) is 0 Å². The van der Waals surface area contributed by atoms with Crippen molar-refractivity contribution in [1.29, 1.82) is 5.26 Å². The molecule has 0 radical (unpaired) electrons. The van der Waals surface area contributed by atoms with Gasteiger partial charge in [-0.2, -0.15) is 10.2 Å². The summed E-state index contributed by atoms with van der Waals surface area (Å²) in [4.78, 5) is 4.06. The van der Waals surface area contributed by atoms with E-state index in [0.717, 1.165) is 12.8 Å². The Labute approximate surface area is 63.8 Å². The average Bonchev–Trinajstić information content (AvgIpc) is 2.75. The van der Waals surface area contributed by atoms with E-state index in [0.29, 0.717) is 17.6 Å². The number of nitrogens with zero attached hydrogens (tertiary/aromatic N) is 3. The summed E-state index contributed by atoms with van der Waals surface area (Å²) in [6.07, 6.45) is 2.54. The highest BCUT2D eigenvalue weighted by Gasteiger charge is 2.29. The standard InChI is InChI=1S/C7H7N3O/c8-4-3-6-9-7(11-10-6)5-1-2-5/h5H,1-3H2. The van der Waals surface area contributed by atoms with E-state index in [1.807, 2.05) is 6.07 Å². The summed E-state index contributed by atoms with van der Waals surface area (Å²) in [5, 5.41) is 12.0. The third kappa shape index (κ3) is 1.22. The first-order chi connectivity index (χ1) is 5.40. The van der Waals surface area contributed by atoms with Crippen LogP contribution in [-0.4, -0.2) is 10.1 Å². The lowest BCUT2D eigenvalue weighted by atomic mass is 10.4. The molecule has 4 heteroatoms. The van der Waals surface area contributed by atoms with E-state index in [9.17, 15) is 0 Å². The normalized spacial score (nSPS) is 16.3. The van der Waals surface area contributed by atoms with Gasteiger partial charge in [0.25, 0.3) is 0 Å². The van der Waals surface area contributed by atoms with Gasteiger partial charge in [-0.1, -0.05) is 5.16 Å². The molecule has 0 amide bonds. The summed E-state index contributed by atoms with van der Waals surface area (Å²) < 4.78 is 4.93. The van der Waals surface area contributed by atoms with Crippen molar-refractivity contribution in [3.8, 4) is 6.07 Å². The van der Waals surface area contributed by atoms with Gasteiger partial charge in [0, 0.05) is 5.92 Å². The Morgan fingerprint density at radius 3 is 3.09 bits per heavy atom. The summed E-state index contributed by atoms with van der Waals surface area (Å²) >= 11 is 0. The van der Waals surface area contributed by atoms with Crippen molar-refractivity contribution in [3.63, 3.8) is 0 Å². The fraction of sp³-hybridized carbons (Fsp3) is 0.571. The van der Waals surface area contributed by atoms with Gasteiger partial charge in [0.2, 0.25) is 5.89 Å². The highest BCUT2D eigenvalue weighted by atomic mass is 16.5. The molecule has 0 aromatic carbocycles. The van der Waals surface area contributed by atoms with Gasteiger partial charge in [-0.25, -0.2) is 0 Å². The molecular formula is C7H7N3O. The van der Waals surface area contributed by atoms with Crippen molar-refractivity contribution in [2.45, 2.75) is 25.2 Å². The maximum Gasteiger partial charge on any atom is 0.229 e. The topological polar surface area (TPSA) is 62.7 Å². The second-order valence-electron chi connectivity index (χ2n) is 2.66. The molecule has 0 bridgehead atoms. The maximum absolute atomic E-state index is 8.31. The molecule has 0 atom stereocenters. The van der Waals surface area contributed by atoms with Crippen LogP contribution in [-0.2, 0) is 6.42 Å². The molecule has 1 fully saturated rings. The number of rotatable bonds is 2. The minimum Gasteiger partial charge on any atom is -0.339 e. The van der Waals surface area contributed by atoms with Gasteiger partial charge in [0.15, 0.2) is 5.82 Å². The van der Waals surface area contributed by atoms with Crippen LogP contribution >= 0.6 is 0 Å². The van der Waals surface area contributed by atoms with Crippen molar-refractivity contribution in [2.24, 2.45) is 0 Å². The van der Waals surface area contributed by atoms with E-state index in [4.69, 9.17) is 9.78 Å². The monoisotopic (exact) mass is 149 g/mol. The molecule has 1 aliphatic rings. The van der Waals surface area contributed by atoms with Gasteiger partial charge >= 0.3 is 0 Å². The molecule has 1 saturated carbocycles. The van der Waals surface area contributed by atoms with Gasteiger partial charge in [0.1, 0.15) is 0 Å². The minimum atomic E-state index is 0.246. The molecule has 0 aliphatic heterocycles. The zero-order chi connectivity index (χ0) is 7.68. The molecule has 1 aromatic heterocycles. The van der Waals surface area contributed by atoms with Crippen molar-refractivity contribution >= 4 is 0 Å². The highest BCUT2D eigenvalue weighted by Crippen LogP contribution is 2.38. The second kappa shape index (κ2) is 2.35. The third-order valence-electron chi connectivity index (χ3n) is 1.65. The molecule has 0 spiro atoms. The van der Waals surface area contributed by atoms with Crippen molar-refractivity contribution in [3.05, 3.63) is 11.7 Å². The van der Waals surface area contributed by atoms with Crippen LogP contribution in [0.2, 0.25) is 0 Å². The Bertz CT molecular complexity index is 295. The Morgan fingerprint density at radius 1 is 1.64 bits per heavy atom. The van der Waals surface area contributed by atoms with Crippen LogP contribution < -0.4 is 0 Å². The van der Waals surface area contributed by atoms with E-state index < -0.39 is 0 Å². The van der Waals surface area contributed by atoms with E-state index in [1.54, 1.807) is 0 Å². The van der Waals surface area contributed by atoms with Gasteiger partial charge < -0.3 is 4.52 Å². The Morgan fingerprint density at radius 2 is 2.45 bits per heavy atom. The molecule has 1 heterocycles. The summed E-state index contributed by atoms with van der Waals surface area (Å²) in [6, 6.07) is 1.97. The predicted molar refractivity (Wildman–Crippen MR) is 35.6 cm³/mol. The highest BCUT2D eigenvalue weighted by molar-refractivity contribution is 5.03. The summed E-state index contributed by atoms with van der Waals surface area (Å²) in [7, 11) is 0. The lowest BCUT2D eigenvalue weighted by Crippen LogP contribution is -1.84. The van der Waals surface area contributed by atoms with Crippen LogP contribution in [0.25, 0.3) is 0 Å². The first-order valence-corrected chi connectivity index (χ1v) is 3.59. The fourth-order valence-corrected chi connectivity index (χ4v) is 0.906. The minimum absolute atomic E-state index is 0.246. The summed E-state index contributed by atoms with van der Waals surface area (Å²) in [5.41, 5.74) is 0. The zero-order valence-electron chi connectivity index (χ0n) is 5.95. The van der Waals surface area contributed by atoms with Crippen LogP contribution in [0, 0.1) is 11.3 Å². The number of hydrogen-bond donors (Lipinski definition) is 0. The molecule has 56 valence electrons. The van der Waals surface area contributed by atoms with Crippen molar-refractivity contribution in [1.82, 2.24) is 10.1 Å². The molecule has 0 unspecified atom stereocenters. The predicted octanol–water partition coefficient (Wildman–Crippen LogP) is 1.01. The van der Waals surface area contributed by atoms with E-state index >= 15 is 0 Å². The van der Waals surface area contributed by atoms with E-state index in [-0.39, 0.29) is 6.42 Å². The van der Waals surface area contributed by atoms with Crippen LogP contribution in [0.1, 0.15) is 30.5 Å². The molecule has 0 saturated heterocycles. The maximum atomic E-state index is 8.31. The first-order valence-electron chi connectivity index (χ1n) is 3.59. The summed E-state index contributed by atoms with van der Waals surface area (Å²) in [5.74, 6) is 1.69. The van der Waals surface area contributed by atoms with E-state index in [2.05, 4.69) is 10.1 Å². The van der Waals surface area contributed by atoms with Gasteiger partial charge in [-0.15, -0.1) is 0 Å². The smallest absolute Gasteiger partial charge is 0.229 e. The molecule has 4 nitrogen and oxygen atoms in total. The Hall–Kier alpha value is -1.37.